The lowest BCUT2D eigenvalue weighted by Crippen LogP contribution is -2.37. The van der Waals surface area contributed by atoms with Crippen molar-refractivity contribution in [3.63, 3.8) is 0 Å². The van der Waals surface area contributed by atoms with Gasteiger partial charge in [-0.15, -0.1) is 0 Å². The summed E-state index contributed by atoms with van der Waals surface area (Å²) >= 11 is 0. The Kier molecular flexibility index (Phi) is 6.15. The predicted octanol–water partition coefficient (Wildman–Crippen LogP) is 0.107. The van der Waals surface area contributed by atoms with Gasteiger partial charge < -0.3 is 15.7 Å². The molecule has 1 amide bonds. The lowest BCUT2D eigenvalue weighted by Gasteiger charge is -2.16. The molecular weight excluding hydrogens is 234 g/mol. The second kappa shape index (κ2) is 7.67. The zero-order chi connectivity index (χ0) is 13.4. The van der Waals surface area contributed by atoms with Gasteiger partial charge in [0.1, 0.15) is 0 Å². The van der Waals surface area contributed by atoms with E-state index in [1.807, 2.05) is 6.07 Å². The van der Waals surface area contributed by atoms with Gasteiger partial charge in [0, 0.05) is 6.54 Å². The number of hydrogen-bond donors (Lipinski definition) is 3. The van der Waals surface area contributed by atoms with Crippen molar-refractivity contribution in [2.24, 2.45) is 11.8 Å². The van der Waals surface area contributed by atoms with E-state index in [9.17, 15) is 9.59 Å². The third-order valence-electron chi connectivity index (χ3n) is 3.23. The van der Waals surface area contributed by atoms with Gasteiger partial charge in [0.25, 0.3) is 0 Å². The van der Waals surface area contributed by atoms with Crippen LogP contribution < -0.4 is 10.6 Å². The van der Waals surface area contributed by atoms with Crippen LogP contribution in [0.15, 0.2) is 0 Å². The van der Waals surface area contributed by atoms with E-state index in [0.717, 1.165) is 19.3 Å². The molecule has 1 fully saturated rings. The molecule has 0 aromatic carbocycles. The molecule has 3 N–H and O–H groups in total. The van der Waals surface area contributed by atoms with E-state index in [1.54, 1.807) is 0 Å². The summed E-state index contributed by atoms with van der Waals surface area (Å²) in [4.78, 5) is 22.3. The molecule has 6 nitrogen and oxygen atoms in total. The molecule has 0 aliphatic heterocycles. The van der Waals surface area contributed by atoms with Crippen molar-refractivity contribution in [3.05, 3.63) is 0 Å². The molecule has 2 atom stereocenters. The predicted molar refractivity (Wildman–Crippen MR) is 64.6 cm³/mol. The molecular formula is C12H19N3O3. The third kappa shape index (κ3) is 4.72. The van der Waals surface area contributed by atoms with E-state index in [-0.39, 0.29) is 24.3 Å². The van der Waals surface area contributed by atoms with Gasteiger partial charge in [0.05, 0.1) is 25.0 Å². The molecule has 18 heavy (non-hydrogen) atoms. The van der Waals surface area contributed by atoms with Crippen LogP contribution >= 0.6 is 0 Å². The summed E-state index contributed by atoms with van der Waals surface area (Å²) in [5.74, 6) is -1.05. The Bertz CT molecular complexity index is 338. The van der Waals surface area contributed by atoms with Gasteiger partial charge in [-0.25, -0.2) is 0 Å². The van der Waals surface area contributed by atoms with Crippen molar-refractivity contribution >= 4 is 11.9 Å². The number of carbonyl (C=O) groups is 2. The second-order valence-corrected chi connectivity index (χ2v) is 4.52. The molecule has 1 aliphatic carbocycles. The molecule has 6 heteroatoms. The van der Waals surface area contributed by atoms with Crippen molar-refractivity contribution < 1.29 is 14.7 Å². The molecule has 1 aliphatic rings. The van der Waals surface area contributed by atoms with Crippen LogP contribution in [0.4, 0.5) is 0 Å². The summed E-state index contributed by atoms with van der Waals surface area (Å²) in [6, 6.07) is 1.94. The van der Waals surface area contributed by atoms with E-state index >= 15 is 0 Å². The average Bonchev–Trinajstić information content (AvgIpc) is 2.78. The molecule has 0 bridgehead atoms. The smallest absolute Gasteiger partial charge is 0.306 e. The Hall–Kier alpha value is -1.61. The monoisotopic (exact) mass is 253 g/mol. The molecule has 0 heterocycles. The van der Waals surface area contributed by atoms with Gasteiger partial charge in [0.15, 0.2) is 0 Å². The highest BCUT2D eigenvalue weighted by Crippen LogP contribution is 2.31. The average molecular weight is 253 g/mol. The largest absolute Gasteiger partial charge is 0.481 e. The van der Waals surface area contributed by atoms with Crippen LogP contribution in [0.3, 0.4) is 0 Å². The SMILES string of the molecule is N#CCCNC(=O)CNCC1CCCC1C(=O)O. The van der Waals surface area contributed by atoms with Gasteiger partial charge in [0.2, 0.25) is 5.91 Å². The minimum Gasteiger partial charge on any atom is -0.481 e. The molecule has 2 unspecified atom stereocenters. The molecule has 0 saturated heterocycles. The maximum Gasteiger partial charge on any atom is 0.306 e. The number of rotatable bonds is 7. The zero-order valence-electron chi connectivity index (χ0n) is 10.3. The molecule has 100 valence electrons. The van der Waals surface area contributed by atoms with Gasteiger partial charge in [-0.3, -0.25) is 9.59 Å². The zero-order valence-corrected chi connectivity index (χ0v) is 10.3. The number of carbonyl (C=O) groups excluding carboxylic acids is 1. The summed E-state index contributed by atoms with van der Waals surface area (Å²) < 4.78 is 0. The highest BCUT2D eigenvalue weighted by atomic mass is 16.4. The Labute approximate surface area is 106 Å². The van der Waals surface area contributed by atoms with Gasteiger partial charge >= 0.3 is 5.97 Å². The number of carboxylic acids is 1. The Balaban J connectivity index is 2.15. The fourth-order valence-electron chi connectivity index (χ4n) is 2.30. The minimum atomic E-state index is -0.738. The molecule has 0 spiro atoms. The Morgan fingerprint density at radius 3 is 2.83 bits per heavy atom. The lowest BCUT2D eigenvalue weighted by atomic mass is 9.96. The first kappa shape index (κ1) is 14.5. The van der Waals surface area contributed by atoms with Crippen LogP contribution in [-0.2, 0) is 9.59 Å². The number of aliphatic carboxylic acids is 1. The molecule has 0 aromatic rings. The van der Waals surface area contributed by atoms with Gasteiger partial charge in [-0.1, -0.05) is 6.42 Å². The van der Waals surface area contributed by atoms with E-state index in [2.05, 4.69) is 10.6 Å². The van der Waals surface area contributed by atoms with Crippen LogP contribution in [0.25, 0.3) is 0 Å². The third-order valence-corrected chi connectivity index (χ3v) is 3.23. The van der Waals surface area contributed by atoms with Crippen molar-refractivity contribution in [1.82, 2.24) is 10.6 Å². The van der Waals surface area contributed by atoms with E-state index < -0.39 is 5.97 Å². The highest BCUT2D eigenvalue weighted by Gasteiger charge is 2.32. The highest BCUT2D eigenvalue weighted by molar-refractivity contribution is 5.78. The first-order valence-corrected chi connectivity index (χ1v) is 6.22. The Morgan fingerprint density at radius 2 is 2.17 bits per heavy atom. The van der Waals surface area contributed by atoms with Crippen LogP contribution in [0.1, 0.15) is 25.7 Å². The van der Waals surface area contributed by atoms with Crippen LogP contribution in [-0.4, -0.2) is 36.6 Å². The molecule has 1 saturated carbocycles. The van der Waals surface area contributed by atoms with E-state index in [0.29, 0.717) is 19.5 Å². The van der Waals surface area contributed by atoms with Crippen molar-refractivity contribution in [2.45, 2.75) is 25.7 Å². The summed E-state index contributed by atoms with van der Waals surface area (Å²) in [7, 11) is 0. The number of nitrogens with zero attached hydrogens (tertiary/aromatic N) is 1. The van der Waals surface area contributed by atoms with Crippen molar-refractivity contribution in [1.29, 1.82) is 5.26 Å². The van der Waals surface area contributed by atoms with Crippen LogP contribution in [0.2, 0.25) is 0 Å². The summed E-state index contributed by atoms with van der Waals surface area (Å²) in [5, 5.41) is 22.9. The summed E-state index contributed by atoms with van der Waals surface area (Å²) in [6.07, 6.45) is 2.88. The number of hydrogen-bond acceptors (Lipinski definition) is 4. The standard InChI is InChI=1S/C12H19N3O3/c13-5-2-6-15-11(16)8-14-7-9-3-1-4-10(9)12(17)18/h9-10,14H,1-4,6-8H2,(H,15,16)(H,17,18). The van der Waals surface area contributed by atoms with E-state index in [1.165, 1.54) is 0 Å². The summed E-state index contributed by atoms with van der Waals surface area (Å²) in [6.45, 7) is 1.09. The second-order valence-electron chi connectivity index (χ2n) is 4.52. The van der Waals surface area contributed by atoms with Crippen molar-refractivity contribution in [3.8, 4) is 6.07 Å². The van der Waals surface area contributed by atoms with Gasteiger partial charge in [-0.05, 0) is 25.3 Å². The first-order chi connectivity index (χ1) is 8.65. The van der Waals surface area contributed by atoms with E-state index in [4.69, 9.17) is 10.4 Å². The van der Waals surface area contributed by atoms with Crippen LogP contribution in [0, 0.1) is 23.2 Å². The first-order valence-electron chi connectivity index (χ1n) is 6.22. The quantitative estimate of drug-likeness (QED) is 0.559. The molecule has 0 radical (unpaired) electrons. The molecule has 1 rings (SSSR count). The number of nitriles is 1. The molecule has 0 aromatic heterocycles. The number of carboxylic acid groups (broad SMARTS) is 1. The fourth-order valence-corrected chi connectivity index (χ4v) is 2.30. The normalized spacial score (nSPS) is 22.4. The number of amides is 1. The topological polar surface area (TPSA) is 102 Å². The van der Waals surface area contributed by atoms with Crippen LogP contribution in [0.5, 0.6) is 0 Å². The fraction of sp³-hybridized carbons (Fsp3) is 0.750. The lowest BCUT2D eigenvalue weighted by molar-refractivity contribution is -0.142. The van der Waals surface area contributed by atoms with Crippen molar-refractivity contribution in [2.75, 3.05) is 19.6 Å². The number of nitrogens with one attached hydrogen (secondary N) is 2. The van der Waals surface area contributed by atoms with Gasteiger partial charge in [-0.2, -0.15) is 5.26 Å². The minimum absolute atomic E-state index is 0.120. The summed E-state index contributed by atoms with van der Waals surface area (Å²) in [5.41, 5.74) is 0. The maximum absolute atomic E-state index is 11.3. The Morgan fingerprint density at radius 1 is 1.39 bits per heavy atom. The maximum atomic E-state index is 11.3.